The first-order chi connectivity index (χ1) is 26.1. The fourth-order valence-corrected chi connectivity index (χ4v) is 5.44. The van der Waals surface area contributed by atoms with E-state index in [1.54, 1.807) is 23.4 Å². The molecule has 2 aromatic rings. The van der Waals surface area contributed by atoms with E-state index in [-0.39, 0.29) is 18.0 Å². The molecule has 3 heterocycles. The second-order valence-corrected chi connectivity index (χ2v) is 13.9. The molecule has 0 spiro atoms. The molecular weight excluding hydrogens is 692 g/mol. The summed E-state index contributed by atoms with van der Waals surface area (Å²) in [6, 6.07) is 5.99. The first-order valence-electron chi connectivity index (χ1n) is 19.7. The third-order valence-electron chi connectivity index (χ3n) is 8.08. The van der Waals surface area contributed by atoms with Crippen LogP contribution < -0.4 is 16.0 Å². The number of fused-ring (bicyclic) bond motifs is 1. The Labute approximate surface area is 322 Å². The molecule has 2 aromatic heterocycles. The molecule has 0 fully saturated rings. The van der Waals surface area contributed by atoms with Crippen LogP contribution in [0.1, 0.15) is 109 Å². The first kappa shape index (κ1) is 46.4. The fraction of sp³-hybridized carbons (Fsp3) is 0.700. The molecular formula is C40H66N6O8. The number of esters is 1. The highest BCUT2D eigenvalue weighted by atomic mass is 16.6. The lowest BCUT2D eigenvalue weighted by Crippen LogP contribution is -2.40. The second kappa shape index (κ2) is 28.7. The van der Waals surface area contributed by atoms with Crippen LogP contribution in [0.15, 0.2) is 30.6 Å². The molecule has 54 heavy (non-hydrogen) atoms. The van der Waals surface area contributed by atoms with Gasteiger partial charge >= 0.3 is 12.1 Å². The Morgan fingerprint density at radius 1 is 0.833 bits per heavy atom. The zero-order valence-corrected chi connectivity index (χ0v) is 33.3. The molecule has 1 aliphatic heterocycles. The van der Waals surface area contributed by atoms with Crippen LogP contribution in [0.2, 0.25) is 0 Å². The van der Waals surface area contributed by atoms with Crippen LogP contribution in [-0.2, 0) is 52.5 Å². The highest BCUT2D eigenvalue weighted by Crippen LogP contribution is 2.27. The van der Waals surface area contributed by atoms with Gasteiger partial charge in [-0.25, -0.2) is 19.7 Å². The Morgan fingerprint density at radius 3 is 2.19 bits per heavy atom. The van der Waals surface area contributed by atoms with Gasteiger partial charge in [-0.3, -0.25) is 14.5 Å². The number of amides is 2. The number of unbranched alkanes of at least 4 members (excludes halogenated alkanes) is 5. The maximum Gasteiger partial charge on any atom is 0.416 e. The number of ether oxygens (including phenoxy) is 5. The van der Waals surface area contributed by atoms with Gasteiger partial charge in [0.15, 0.2) is 0 Å². The lowest BCUT2D eigenvalue weighted by molar-refractivity contribution is -0.143. The molecule has 14 heteroatoms. The van der Waals surface area contributed by atoms with Crippen molar-refractivity contribution in [3.05, 3.63) is 47.7 Å². The van der Waals surface area contributed by atoms with Crippen LogP contribution in [-0.4, -0.2) is 104 Å². The number of anilines is 1. The minimum Gasteiger partial charge on any atom is -0.466 e. The number of carbonyl (C=O) groups is 3. The quantitative estimate of drug-likeness (QED) is 0.0958. The number of aryl methyl sites for hydroxylation is 3. The van der Waals surface area contributed by atoms with Crippen molar-refractivity contribution in [3.8, 4) is 0 Å². The second-order valence-electron chi connectivity index (χ2n) is 13.9. The molecule has 0 bridgehead atoms. The van der Waals surface area contributed by atoms with Crippen molar-refractivity contribution in [2.24, 2.45) is 5.73 Å². The minimum atomic E-state index is -0.511. The molecule has 0 saturated heterocycles. The summed E-state index contributed by atoms with van der Waals surface area (Å²) in [5, 5.41) is 2.85. The zero-order valence-electron chi connectivity index (χ0n) is 33.3. The number of hydrogen-bond acceptors (Lipinski definition) is 12. The molecule has 0 aliphatic carbocycles. The van der Waals surface area contributed by atoms with Gasteiger partial charge < -0.3 is 34.7 Å². The van der Waals surface area contributed by atoms with Crippen LogP contribution in [0.5, 0.6) is 0 Å². The number of carbonyl (C=O) groups excluding carboxylic acids is 3. The molecule has 3 N–H and O–H groups in total. The molecule has 2 amide bonds. The van der Waals surface area contributed by atoms with E-state index >= 15 is 0 Å². The van der Waals surface area contributed by atoms with Crippen LogP contribution in [0, 0.1) is 0 Å². The number of aromatic nitrogens is 3. The van der Waals surface area contributed by atoms with Crippen molar-refractivity contribution in [1.82, 2.24) is 20.3 Å². The summed E-state index contributed by atoms with van der Waals surface area (Å²) in [5.41, 5.74) is 6.93. The molecule has 3 rings (SSSR count). The highest BCUT2D eigenvalue weighted by Gasteiger charge is 2.28. The third kappa shape index (κ3) is 22.5. The molecule has 14 nitrogen and oxygen atoms in total. The van der Waals surface area contributed by atoms with Gasteiger partial charge in [-0.15, -0.1) is 0 Å². The molecule has 1 aliphatic rings. The van der Waals surface area contributed by atoms with Crippen molar-refractivity contribution < 1.29 is 38.1 Å². The van der Waals surface area contributed by atoms with E-state index in [1.807, 2.05) is 27.7 Å². The van der Waals surface area contributed by atoms with E-state index in [1.165, 1.54) is 0 Å². The summed E-state index contributed by atoms with van der Waals surface area (Å²) < 4.78 is 26.3. The number of rotatable bonds is 25. The molecule has 0 radical (unpaired) electrons. The van der Waals surface area contributed by atoms with Gasteiger partial charge in [-0.2, -0.15) is 0 Å². The standard InChI is InChI=1S/C24H38N2O4.C16H28N4O4/c1-5-29-21(27)15-11-9-7-6-8-10-14-20-17-16-19-13-12-18-26(22(19)25-20)23(28)30-24(2,3)4;17-5-10-23-12-14-24-13-11-22-9-4-16(21)20-6-1-3-15-18-7-2-8-19-15/h16-17H,5-15,18H2,1-4H3;2,7-8H,1,3-6,9-14,17H2,(H,20,21). The Hall–Kier alpha value is -3.72. The van der Waals surface area contributed by atoms with Gasteiger partial charge in [0, 0.05) is 57.0 Å². The predicted octanol–water partition coefficient (Wildman–Crippen LogP) is 5.53. The summed E-state index contributed by atoms with van der Waals surface area (Å²) >= 11 is 0. The summed E-state index contributed by atoms with van der Waals surface area (Å²) in [6.07, 6.45) is 14.9. The van der Waals surface area contributed by atoms with Gasteiger partial charge in [0.2, 0.25) is 5.91 Å². The smallest absolute Gasteiger partial charge is 0.416 e. The van der Waals surface area contributed by atoms with E-state index in [0.29, 0.717) is 78.7 Å². The summed E-state index contributed by atoms with van der Waals surface area (Å²) in [6.45, 7) is 12.7. The van der Waals surface area contributed by atoms with E-state index in [4.69, 9.17) is 34.4 Å². The largest absolute Gasteiger partial charge is 0.466 e. The maximum atomic E-state index is 12.6. The van der Waals surface area contributed by atoms with Gasteiger partial charge in [0.05, 0.1) is 46.2 Å². The SMILES string of the molecule is CCOC(=O)CCCCCCCCc1ccc2c(n1)N(C(=O)OC(C)(C)C)CCC2.NCCOCCOCCOCCC(=O)NCCCc1ncccn1. The van der Waals surface area contributed by atoms with Gasteiger partial charge in [-0.05, 0) is 83.9 Å². The van der Waals surface area contributed by atoms with Crippen molar-refractivity contribution in [3.63, 3.8) is 0 Å². The fourth-order valence-electron chi connectivity index (χ4n) is 5.44. The number of hydrogen-bond donors (Lipinski definition) is 2. The van der Waals surface area contributed by atoms with Crippen molar-refractivity contribution in [1.29, 1.82) is 0 Å². The van der Waals surface area contributed by atoms with E-state index < -0.39 is 5.60 Å². The molecule has 0 saturated carbocycles. The van der Waals surface area contributed by atoms with Crippen molar-refractivity contribution >= 4 is 23.8 Å². The predicted molar refractivity (Wildman–Crippen MR) is 208 cm³/mol. The molecule has 304 valence electrons. The molecule has 0 aromatic carbocycles. The topological polar surface area (TPSA) is 177 Å². The summed E-state index contributed by atoms with van der Waals surface area (Å²) in [5.74, 6) is 1.46. The number of pyridine rings is 1. The van der Waals surface area contributed by atoms with E-state index in [0.717, 1.165) is 93.5 Å². The average molecular weight is 759 g/mol. The third-order valence-corrected chi connectivity index (χ3v) is 8.08. The zero-order chi connectivity index (χ0) is 39.3. The number of nitrogens with two attached hydrogens (primary N) is 1. The number of nitrogens with zero attached hydrogens (tertiary/aromatic N) is 4. The van der Waals surface area contributed by atoms with Crippen LogP contribution in [0.25, 0.3) is 0 Å². The van der Waals surface area contributed by atoms with Gasteiger partial charge in [-0.1, -0.05) is 31.7 Å². The lowest BCUT2D eigenvalue weighted by Gasteiger charge is -2.31. The summed E-state index contributed by atoms with van der Waals surface area (Å²) in [7, 11) is 0. The normalized spacial score (nSPS) is 12.4. The summed E-state index contributed by atoms with van der Waals surface area (Å²) in [4.78, 5) is 50.3. The maximum absolute atomic E-state index is 12.6. The van der Waals surface area contributed by atoms with Gasteiger partial charge in [0.25, 0.3) is 0 Å². The first-order valence-corrected chi connectivity index (χ1v) is 19.7. The monoisotopic (exact) mass is 758 g/mol. The van der Waals surface area contributed by atoms with Crippen LogP contribution in [0.3, 0.4) is 0 Å². The van der Waals surface area contributed by atoms with E-state index in [9.17, 15) is 14.4 Å². The van der Waals surface area contributed by atoms with Gasteiger partial charge in [0.1, 0.15) is 17.2 Å². The molecule has 0 atom stereocenters. The van der Waals surface area contributed by atoms with Crippen LogP contribution >= 0.6 is 0 Å². The Balaban J connectivity index is 0.000000383. The average Bonchev–Trinajstić information content (AvgIpc) is 3.15. The molecule has 0 unspecified atom stereocenters. The highest BCUT2D eigenvalue weighted by molar-refractivity contribution is 5.88. The number of nitrogens with one attached hydrogen (secondary N) is 1. The Morgan fingerprint density at radius 2 is 1.50 bits per heavy atom. The van der Waals surface area contributed by atoms with Crippen LogP contribution in [0.4, 0.5) is 10.6 Å². The Bertz CT molecular complexity index is 1310. The Kier molecular flexibility index (Phi) is 24.7. The minimum absolute atomic E-state index is 0.0138. The van der Waals surface area contributed by atoms with Crippen molar-refractivity contribution in [2.75, 3.05) is 70.8 Å². The van der Waals surface area contributed by atoms with E-state index in [2.05, 4.69) is 27.4 Å². The lowest BCUT2D eigenvalue weighted by atomic mass is 10.0. The van der Waals surface area contributed by atoms with Crippen molar-refractivity contribution in [2.45, 2.75) is 117 Å².